The Labute approximate surface area is 136 Å². The van der Waals surface area contributed by atoms with Crippen molar-refractivity contribution < 1.29 is 9.53 Å². The van der Waals surface area contributed by atoms with Crippen molar-refractivity contribution in [2.45, 2.75) is 45.2 Å². The number of ether oxygens (including phenoxy) is 1. The molecule has 0 bridgehead atoms. The molecule has 3 rings (SSSR count). The van der Waals surface area contributed by atoms with Crippen LogP contribution in [-0.4, -0.2) is 22.6 Å². The molecule has 1 atom stereocenters. The Hall–Kier alpha value is -2.30. The summed E-state index contributed by atoms with van der Waals surface area (Å²) >= 11 is 0. The molecule has 1 aliphatic heterocycles. The van der Waals surface area contributed by atoms with Crippen LogP contribution in [0.1, 0.15) is 54.1 Å². The van der Waals surface area contributed by atoms with Gasteiger partial charge in [0.25, 0.3) is 5.91 Å². The second-order valence-electron chi connectivity index (χ2n) is 5.90. The van der Waals surface area contributed by atoms with Crippen LogP contribution in [0.4, 0.5) is 0 Å². The first-order valence-corrected chi connectivity index (χ1v) is 8.22. The van der Waals surface area contributed by atoms with Crippen LogP contribution in [0.5, 0.6) is 5.75 Å². The van der Waals surface area contributed by atoms with Gasteiger partial charge in [0.1, 0.15) is 17.3 Å². The Balaban J connectivity index is 1.72. The number of nitrogens with zero attached hydrogens (tertiary/aromatic N) is 2. The van der Waals surface area contributed by atoms with E-state index in [4.69, 9.17) is 4.74 Å². The fourth-order valence-corrected chi connectivity index (χ4v) is 3.01. The highest BCUT2D eigenvalue weighted by Gasteiger charge is 2.19. The van der Waals surface area contributed by atoms with Crippen molar-refractivity contribution in [2.75, 3.05) is 7.11 Å². The van der Waals surface area contributed by atoms with Crippen molar-refractivity contribution in [1.29, 1.82) is 0 Å². The highest BCUT2D eigenvalue weighted by molar-refractivity contribution is 5.92. The molecule has 1 aromatic heterocycles. The predicted molar refractivity (Wildman–Crippen MR) is 88.7 cm³/mol. The Morgan fingerprint density at radius 1 is 1.35 bits per heavy atom. The molecule has 1 aromatic carbocycles. The van der Waals surface area contributed by atoms with E-state index in [1.165, 1.54) is 0 Å². The second-order valence-corrected chi connectivity index (χ2v) is 5.90. The average Bonchev–Trinajstić information content (AvgIpc) is 3.04. The molecular weight excluding hydrogens is 290 g/mol. The summed E-state index contributed by atoms with van der Waals surface area (Å²) in [6.45, 7) is 3.03. The first kappa shape index (κ1) is 15.6. The topological polar surface area (TPSA) is 56.2 Å². The van der Waals surface area contributed by atoms with Crippen molar-refractivity contribution >= 4 is 5.91 Å². The van der Waals surface area contributed by atoms with Gasteiger partial charge in [-0.15, -0.1) is 0 Å². The normalized spacial score (nSPS) is 14.9. The van der Waals surface area contributed by atoms with Crippen molar-refractivity contribution in [3.8, 4) is 5.75 Å². The van der Waals surface area contributed by atoms with Gasteiger partial charge in [-0.3, -0.25) is 4.79 Å². The lowest BCUT2D eigenvalue weighted by Crippen LogP contribution is -2.28. The van der Waals surface area contributed by atoms with Crippen LogP contribution in [0.25, 0.3) is 0 Å². The fourth-order valence-electron chi connectivity index (χ4n) is 3.01. The van der Waals surface area contributed by atoms with Crippen LogP contribution in [-0.2, 0) is 13.0 Å². The third-order valence-electron chi connectivity index (χ3n) is 4.37. The smallest absolute Gasteiger partial charge is 0.271 e. The number of rotatable bonds is 5. The molecule has 0 aliphatic carbocycles. The summed E-state index contributed by atoms with van der Waals surface area (Å²) in [4.78, 5) is 17.0. The maximum Gasteiger partial charge on any atom is 0.271 e. The van der Waals surface area contributed by atoms with Gasteiger partial charge in [0.05, 0.1) is 13.2 Å². The summed E-state index contributed by atoms with van der Waals surface area (Å²) < 4.78 is 7.28. The van der Waals surface area contributed by atoms with Crippen molar-refractivity contribution in [1.82, 2.24) is 14.9 Å². The molecule has 5 nitrogen and oxygen atoms in total. The molecule has 1 aliphatic rings. The first-order valence-electron chi connectivity index (χ1n) is 8.22. The summed E-state index contributed by atoms with van der Waals surface area (Å²) in [7, 11) is 1.65. The number of imidazole rings is 1. The third kappa shape index (κ3) is 3.38. The molecule has 0 saturated carbocycles. The summed E-state index contributed by atoms with van der Waals surface area (Å²) in [6.07, 6.45) is 5.98. The zero-order chi connectivity index (χ0) is 16.2. The van der Waals surface area contributed by atoms with Crippen LogP contribution in [0, 0.1) is 0 Å². The van der Waals surface area contributed by atoms with Gasteiger partial charge in [0, 0.05) is 19.2 Å². The molecule has 0 unspecified atom stereocenters. The van der Waals surface area contributed by atoms with E-state index in [1.807, 2.05) is 30.5 Å². The summed E-state index contributed by atoms with van der Waals surface area (Å²) in [5, 5.41) is 3.09. The molecule has 1 amide bonds. The maximum absolute atomic E-state index is 12.5. The monoisotopic (exact) mass is 313 g/mol. The van der Waals surface area contributed by atoms with E-state index < -0.39 is 0 Å². The van der Waals surface area contributed by atoms with Gasteiger partial charge in [-0.2, -0.15) is 0 Å². The first-order chi connectivity index (χ1) is 11.2. The Bertz CT molecular complexity index is 653. The molecule has 0 radical (unpaired) electrons. The minimum absolute atomic E-state index is 0.0212. The molecule has 2 aromatic rings. The number of amides is 1. The SMILES string of the molecule is CC[C@@H](NC(=O)c1cn2c(n1)CCCC2)c1ccc(OC)cc1. The van der Waals surface area contributed by atoms with E-state index in [2.05, 4.69) is 21.8 Å². The number of hydrogen-bond acceptors (Lipinski definition) is 3. The second kappa shape index (κ2) is 6.86. The van der Waals surface area contributed by atoms with Crippen molar-refractivity contribution in [3.05, 3.63) is 47.5 Å². The van der Waals surface area contributed by atoms with Gasteiger partial charge in [-0.05, 0) is 37.0 Å². The number of carbonyl (C=O) groups excluding carboxylic acids is 1. The van der Waals surface area contributed by atoms with Crippen LogP contribution in [0.15, 0.2) is 30.5 Å². The van der Waals surface area contributed by atoms with Crippen molar-refractivity contribution in [3.63, 3.8) is 0 Å². The molecule has 0 fully saturated rings. The van der Waals surface area contributed by atoms with Crippen LogP contribution in [0.2, 0.25) is 0 Å². The lowest BCUT2D eigenvalue weighted by molar-refractivity contribution is 0.0931. The highest BCUT2D eigenvalue weighted by Crippen LogP contribution is 2.21. The van der Waals surface area contributed by atoms with E-state index >= 15 is 0 Å². The lowest BCUT2D eigenvalue weighted by atomic mass is 10.0. The minimum atomic E-state index is -0.102. The Morgan fingerprint density at radius 3 is 2.78 bits per heavy atom. The standard InChI is InChI=1S/C18H23N3O2/c1-3-15(13-7-9-14(23-2)10-8-13)20-18(22)16-12-21-11-5-4-6-17(21)19-16/h7-10,12,15H,3-6,11H2,1-2H3,(H,20,22)/t15-/m1/s1. The van der Waals surface area contributed by atoms with E-state index in [0.717, 1.165) is 49.4 Å². The van der Waals surface area contributed by atoms with E-state index in [-0.39, 0.29) is 11.9 Å². The predicted octanol–water partition coefficient (Wildman–Crippen LogP) is 3.11. The van der Waals surface area contributed by atoms with Crippen LogP contribution < -0.4 is 10.1 Å². The average molecular weight is 313 g/mol. The molecule has 1 N–H and O–H groups in total. The number of benzene rings is 1. The van der Waals surface area contributed by atoms with Crippen molar-refractivity contribution in [2.24, 2.45) is 0 Å². The third-order valence-corrected chi connectivity index (χ3v) is 4.37. The summed E-state index contributed by atoms with van der Waals surface area (Å²) in [6, 6.07) is 7.79. The van der Waals surface area contributed by atoms with E-state index in [0.29, 0.717) is 5.69 Å². The largest absolute Gasteiger partial charge is 0.497 e. The number of aryl methyl sites for hydroxylation is 2. The van der Waals surface area contributed by atoms with Crippen LogP contribution >= 0.6 is 0 Å². The molecule has 122 valence electrons. The number of hydrogen-bond donors (Lipinski definition) is 1. The zero-order valence-electron chi connectivity index (χ0n) is 13.7. The molecule has 0 saturated heterocycles. The molecule has 23 heavy (non-hydrogen) atoms. The van der Waals surface area contributed by atoms with Gasteiger partial charge in [0.2, 0.25) is 0 Å². The zero-order valence-corrected chi connectivity index (χ0v) is 13.7. The number of nitrogens with one attached hydrogen (secondary N) is 1. The van der Waals surface area contributed by atoms with Gasteiger partial charge < -0.3 is 14.6 Å². The highest BCUT2D eigenvalue weighted by atomic mass is 16.5. The number of carbonyl (C=O) groups is 1. The van der Waals surface area contributed by atoms with E-state index in [1.54, 1.807) is 7.11 Å². The number of methoxy groups -OCH3 is 1. The molecule has 5 heteroatoms. The minimum Gasteiger partial charge on any atom is -0.497 e. The quantitative estimate of drug-likeness (QED) is 0.923. The fraction of sp³-hybridized carbons (Fsp3) is 0.444. The Kier molecular flexibility index (Phi) is 4.65. The lowest BCUT2D eigenvalue weighted by Gasteiger charge is -2.17. The van der Waals surface area contributed by atoms with Gasteiger partial charge in [0.15, 0.2) is 0 Å². The number of aromatic nitrogens is 2. The van der Waals surface area contributed by atoms with Crippen LogP contribution in [0.3, 0.4) is 0 Å². The molecular formula is C18H23N3O2. The Morgan fingerprint density at radius 2 is 2.13 bits per heavy atom. The number of fused-ring (bicyclic) bond motifs is 1. The van der Waals surface area contributed by atoms with E-state index in [9.17, 15) is 4.79 Å². The summed E-state index contributed by atoms with van der Waals surface area (Å²) in [5.41, 5.74) is 1.60. The summed E-state index contributed by atoms with van der Waals surface area (Å²) in [5.74, 6) is 1.74. The molecule has 0 spiro atoms. The maximum atomic E-state index is 12.5. The van der Waals surface area contributed by atoms with Gasteiger partial charge in [-0.1, -0.05) is 19.1 Å². The van der Waals surface area contributed by atoms with Gasteiger partial charge in [-0.25, -0.2) is 4.98 Å². The van der Waals surface area contributed by atoms with Gasteiger partial charge >= 0.3 is 0 Å². The molecule has 2 heterocycles.